The van der Waals surface area contributed by atoms with E-state index in [1.165, 1.54) is 6.08 Å². The Morgan fingerprint density at radius 2 is 2.07 bits per heavy atom. The van der Waals surface area contributed by atoms with Crippen LogP contribution in [0.4, 0.5) is 0 Å². The second kappa shape index (κ2) is 12.2. The predicted octanol–water partition coefficient (Wildman–Crippen LogP) is 2.15. The van der Waals surface area contributed by atoms with Crippen LogP contribution in [0.1, 0.15) is 33.6 Å². The van der Waals surface area contributed by atoms with Gasteiger partial charge in [-0.3, -0.25) is 4.79 Å². The summed E-state index contributed by atoms with van der Waals surface area (Å²) in [6, 6.07) is 0. The van der Waals surface area contributed by atoms with Crippen molar-refractivity contribution in [2.75, 3.05) is 6.61 Å². The topological polar surface area (TPSA) is 46.5 Å². The predicted molar refractivity (Wildman–Crippen MR) is 58.0 cm³/mol. The third-order valence-corrected chi connectivity index (χ3v) is 1.57. The normalized spacial score (nSPS) is 11.2. The molecule has 0 aromatic rings. The van der Waals surface area contributed by atoms with E-state index in [-0.39, 0.29) is 6.10 Å². The molecule has 1 atom stereocenters. The minimum Gasteiger partial charge on any atom is -0.468 e. The molecule has 0 bridgehead atoms. The zero-order valence-electron chi connectivity index (χ0n) is 9.40. The lowest BCUT2D eigenvalue weighted by molar-refractivity contribution is -0.128. The first kappa shape index (κ1) is 15.6. The third kappa shape index (κ3) is 17.3. The van der Waals surface area contributed by atoms with Crippen LogP contribution in [-0.4, -0.2) is 24.3 Å². The highest BCUT2D eigenvalue weighted by Gasteiger charge is 1.90. The summed E-state index contributed by atoms with van der Waals surface area (Å²) in [4.78, 5) is 9.56. The van der Waals surface area contributed by atoms with Crippen molar-refractivity contribution in [2.45, 2.75) is 39.7 Å². The Labute approximate surface area is 86.8 Å². The third-order valence-electron chi connectivity index (χ3n) is 1.57. The second-order valence-corrected chi connectivity index (χ2v) is 3.36. The Morgan fingerprint density at radius 1 is 1.50 bits per heavy atom. The Balaban J connectivity index is 0. The van der Waals surface area contributed by atoms with Crippen LogP contribution in [-0.2, 0) is 9.53 Å². The summed E-state index contributed by atoms with van der Waals surface area (Å²) >= 11 is 0. The van der Waals surface area contributed by atoms with Crippen LogP contribution in [0.3, 0.4) is 0 Å². The summed E-state index contributed by atoms with van der Waals surface area (Å²) in [6.07, 6.45) is 2.95. The van der Waals surface area contributed by atoms with Crippen LogP contribution in [0.25, 0.3) is 0 Å². The molecule has 0 fully saturated rings. The van der Waals surface area contributed by atoms with Crippen LogP contribution in [0, 0.1) is 5.92 Å². The molecule has 0 amide bonds. The van der Waals surface area contributed by atoms with Gasteiger partial charge in [-0.15, -0.1) is 6.58 Å². The molecular weight excluding hydrogens is 180 g/mol. The van der Waals surface area contributed by atoms with Crippen molar-refractivity contribution in [1.82, 2.24) is 0 Å². The van der Waals surface area contributed by atoms with Gasteiger partial charge in [0.1, 0.15) is 0 Å². The molecule has 3 heteroatoms. The Kier molecular flexibility index (Phi) is 13.6. The highest BCUT2D eigenvalue weighted by Crippen LogP contribution is 1.97. The number of carbonyl (C=O) groups is 1. The van der Waals surface area contributed by atoms with Gasteiger partial charge in [-0.1, -0.05) is 26.8 Å². The molecule has 0 heterocycles. The molecule has 1 unspecified atom stereocenters. The molecule has 0 aliphatic heterocycles. The number of rotatable bonds is 6. The van der Waals surface area contributed by atoms with Gasteiger partial charge in [-0.2, -0.15) is 0 Å². The maximum atomic E-state index is 9.56. The molecular formula is C11H22O3. The van der Waals surface area contributed by atoms with Gasteiger partial charge in [0.2, 0.25) is 0 Å². The van der Waals surface area contributed by atoms with Gasteiger partial charge in [-0.25, -0.2) is 0 Å². The summed E-state index contributed by atoms with van der Waals surface area (Å²) in [5.74, 6) is 0.620. The first-order chi connectivity index (χ1) is 6.58. The van der Waals surface area contributed by atoms with Crippen molar-refractivity contribution in [3.8, 4) is 0 Å². The SMILES string of the molecule is C=CC(O)CC.CC(C)CCOC=O. The zero-order chi connectivity index (χ0) is 11.4. The lowest BCUT2D eigenvalue weighted by atomic mass is 10.1. The fraction of sp³-hybridized carbons (Fsp3) is 0.727. The van der Waals surface area contributed by atoms with Crippen molar-refractivity contribution >= 4 is 6.47 Å². The maximum absolute atomic E-state index is 9.56. The molecule has 0 aliphatic carbocycles. The largest absolute Gasteiger partial charge is 0.468 e. The lowest BCUT2D eigenvalue weighted by Crippen LogP contribution is -1.96. The summed E-state index contributed by atoms with van der Waals surface area (Å²) in [5, 5.41) is 8.55. The van der Waals surface area contributed by atoms with Crippen LogP contribution in [0.2, 0.25) is 0 Å². The van der Waals surface area contributed by atoms with E-state index in [1.807, 2.05) is 6.92 Å². The molecule has 14 heavy (non-hydrogen) atoms. The molecule has 0 radical (unpaired) electrons. The number of carbonyl (C=O) groups excluding carboxylic acids is 1. The molecule has 1 N–H and O–H groups in total. The first-order valence-corrected chi connectivity index (χ1v) is 4.94. The van der Waals surface area contributed by atoms with E-state index in [2.05, 4.69) is 25.2 Å². The average Bonchev–Trinajstić information content (AvgIpc) is 2.17. The van der Waals surface area contributed by atoms with E-state index in [0.29, 0.717) is 19.0 Å². The van der Waals surface area contributed by atoms with Crippen molar-refractivity contribution in [2.24, 2.45) is 5.92 Å². The van der Waals surface area contributed by atoms with Crippen molar-refractivity contribution in [3.05, 3.63) is 12.7 Å². The molecule has 0 saturated heterocycles. The van der Waals surface area contributed by atoms with E-state index in [1.54, 1.807) is 0 Å². The van der Waals surface area contributed by atoms with Gasteiger partial charge in [0, 0.05) is 0 Å². The second-order valence-electron chi connectivity index (χ2n) is 3.36. The fourth-order valence-electron chi connectivity index (χ4n) is 0.519. The Morgan fingerprint density at radius 3 is 2.29 bits per heavy atom. The number of hydrogen-bond donors (Lipinski definition) is 1. The summed E-state index contributed by atoms with van der Waals surface area (Å²) in [5.41, 5.74) is 0. The Bertz CT molecular complexity index is 132. The highest BCUT2D eigenvalue weighted by molar-refractivity contribution is 5.36. The standard InChI is InChI=1S/C6H12O2.C5H10O/c1-6(2)3-4-8-5-7;1-3-5(6)4-2/h5-6H,3-4H2,1-2H3;3,5-6H,1,4H2,2H3. The highest BCUT2D eigenvalue weighted by atomic mass is 16.5. The molecule has 0 rings (SSSR count). The Hall–Kier alpha value is -0.830. The fourth-order valence-corrected chi connectivity index (χ4v) is 0.519. The zero-order valence-corrected chi connectivity index (χ0v) is 9.40. The lowest BCUT2D eigenvalue weighted by Gasteiger charge is -2.00. The monoisotopic (exact) mass is 202 g/mol. The minimum atomic E-state index is -0.301. The van der Waals surface area contributed by atoms with E-state index in [4.69, 9.17) is 5.11 Å². The number of ether oxygens (including phenoxy) is 1. The molecule has 0 aromatic heterocycles. The number of hydrogen-bond acceptors (Lipinski definition) is 3. The van der Waals surface area contributed by atoms with Gasteiger partial charge in [-0.05, 0) is 18.8 Å². The maximum Gasteiger partial charge on any atom is 0.293 e. The quantitative estimate of drug-likeness (QED) is 0.408. The smallest absolute Gasteiger partial charge is 0.293 e. The molecule has 0 aliphatic rings. The molecule has 84 valence electrons. The van der Waals surface area contributed by atoms with E-state index in [9.17, 15) is 4.79 Å². The molecule has 0 aromatic carbocycles. The van der Waals surface area contributed by atoms with E-state index < -0.39 is 0 Å². The van der Waals surface area contributed by atoms with Gasteiger partial charge in [0.15, 0.2) is 0 Å². The van der Waals surface area contributed by atoms with Crippen molar-refractivity contribution in [3.63, 3.8) is 0 Å². The van der Waals surface area contributed by atoms with Gasteiger partial charge in [0.05, 0.1) is 12.7 Å². The van der Waals surface area contributed by atoms with Crippen LogP contribution < -0.4 is 0 Å². The number of aliphatic hydroxyl groups is 1. The average molecular weight is 202 g/mol. The minimum absolute atomic E-state index is 0.301. The molecule has 0 spiro atoms. The van der Waals surface area contributed by atoms with Crippen LogP contribution >= 0.6 is 0 Å². The van der Waals surface area contributed by atoms with Crippen LogP contribution in [0.5, 0.6) is 0 Å². The van der Waals surface area contributed by atoms with Crippen molar-refractivity contribution in [1.29, 1.82) is 0 Å². The molecule has 0 saturated carbocycles. The van der Waals surface area contributed by atoms with Gasteiger partial charge >= 0.3 is 0 Å². The molecule has 3 nitrogen and oxygen atoms in total. The van der Waals surface area contributed by atoms with Crippen LogP contribution in [0.15, 0.2) is 12.7 Å². The summed E-state index contributed by atoms with van der Waals surface area (Å²) < 4.78 is 4.46. The first-order valence-electron chi connectivity index (χ1n) is 4.94. The summed E-state index contributed by atoms with van der Waals surface area (Å²) in [7, 11) is 0. The van der Waals surface area contributed by atoms with Gasteiger partial charge < -0.3 is 9.84 Å². The summed E-state index contributed by atoms with van der Waals surface area (Å²) in [6.45, 7) is 10.5. The van der Waals surface area contributed by atoms with Gasteiger partial charge in [0.25, 0.3) is 6.47 Å². The van der Waals surface area contributed by atoms with E-state index >= 15 is 0 Å². The van der Waals surface area contributed by atoms with E-state index in [0.717, 1.165) is 12.8 Å². The van der Waals surface area contributed by atoms with Crippen molar-refractivity contribution < 1.29 is 14.6 Å². The number of aliphatic hydroxyl groups excluding tert-OH is 1.